The van der Waals surface area contributed by atoms with Crippen LogP contribution in [-0.2, 0) is 11.3 Å². The van der Waals surface area contributed by atoms with Gasteiger partial charge >= 0.3 is 0 Å². The van der Waals surface area contributed by atoms with E-state index in [-0.39, 0.29) is 5.91 Å². The predicted octanol–water partition coefficient (Wildman–Crippen LogP) is 1.91. The molecule has 3 atom stereocenters. The first-order valence-corrected chi connectivity index (χ1v) is 9.66. The minimum absolute atomic E-state index is 0.189. The van der Waals surface area contributed by atoms with Crippen molar-refractivity contribution in [2.24, 2.45) is 11.8 Å². The molecule has 2 heterocycles. The van der Waals surface area contributed by atoms with E-state index < -0.39 is 0 Å². The zero-order chi connectivity index (χ0) is 17.6. The monoisotopic (exact) mass is 344 g/mol. The van der Waals surface area contributed by atoms with Gasteiger partial charge in [0.05, 0.1) is 0 Å². The summed E-state index contributed by atoms with van der Waals surface area (Å²) < 4.78 is 0. The van der Waals surface area contributed by atoms with Gasteiger partial charge < -0.3 is 5.32 Å². The van der Waals surface area contributed by atoms with Gasteiger partial charge in [0.2, 0.25) is 5.91 Å². The Labute approximate surface area is 151 Å². The highest BCUT2D eigenvalue weighted by atomic mass is 16.1. The summed E-state index contributed by atoms with van der Waals surface area (Å²) in [6.07, 6.45) is 3.03. The lowest BCUT2D eigenvalue weighted by atomic mass is 9.92. The van der Waals surface area contributed by atoms with Crippen molar-refractivity contribution in [2.75, 3.05) is 19.6 Å². The second kappa shape index (κ2) is 8.79. The average molecular weight is 345 g/mol. The minimum atomic E-state index is 0.189. The van der Waals surface area contributed by atoms with Crippen LogP contribution in [0.4, 0.5) is 0 Å². The van der Waals surface area contributed by atoms with Crippen LogP contribution in [0, 0.1) is 11.8 Å². The molecule has 2 saturated heterocycles. The molecule has 138 valence electrons. The van der Waals surface area contributed by atoms with Gasteiger partial charge in [-0.2, -0.15) is 0 Å². The van der Waals surface area contributed by atoms with E-state index in [2.05, 4.69) is 65.2 Å². The molecule has 0 aromatic heterocycles. The molecule has 1 aromatic rings. The highest BCUT2D eigenvalue weighted by molar-refractivity contribution is 5.76. The van der Waals surface area contributed by atoms with E-state index in [0.29, 0.717) is 30.3 Å². The highest BCUT2D eigenvalue weighted by Crippen LogP contribution is 2.20. The van der Waals surface area contributed by atoms with Gasteiger partial charge in [-0.3, -0.25) is 20.5 Å². The molecule has 0 aliphatic carbocycles. The van der Waals surface area contributed by atoms with Crippen molar-refractivity contribution in [2.45, 2.75) is 51.7 Å². The molecular weight excluding hydrogens is 312 g/mol. The summed E-state index contributed by atoms with van der Waals surface area (Å²) in [6.45, 7) is 8.33. The summed E-state index contributed by atoms with van der Waals surface area (Å²) in [7, 11) is 0. The van der Waals surface area contributed by atoms with Crippen LogP contribution in [0.15, 0.2) is 30.3 Å². The van der Waals surface area contributed by atoms with Crippen LogP contribution < -0.4 is 16.2 Å². The number of carbonyl (C=O) groups is 1. The molecule has 3 rings (SSSR count). The Morgan fingerprint density at radius 1 is 1.20 bits per heavy atom. The Kier molecular flexibility index (Phi) is 6.45. The Bertz CT molecular complexity index is 540. The molecule has 0 saturated carbocycles. The smallest absolute Gasteiger partial charge is 0.220 e. The normalized spacial score (nSPS) is 30.3. The van der Waals surface area contributed by atoms with Gasteiger partial charge in [-0.25, -0.2) is 0 Å². The van der Waals surface area contributed by atoms with Crippen LogP contribution in [0.1, 0.15) is 38.7 Å². The number of piperidine rings is 1. The predicted molar refractivity (Wildman–Crippen MR) is 101 cm³/mol. The van der Waals surface area contributed by atoms with Crippen molar-refractivity contribution in [3.05, 3.63) is 35.9 Å². The maximum Gasteiger partial charge on any atom is 0.220 e. The second-order valence-electron chi connectivity index (χ2n) is 7.77. The number of hydrazine groups is 1. The third kappa shape index (κ3) is 5.27. The summed E-state index contributed by atoms with van der Waals surface area (Å²) in [5.41, 5.74) is 7.82. The number of benzene rings is 1. The van der Waals surface area contributed by atoms with Crippen LogP contribution in [0.5, 0.6) is 0 Å². The number of carbonyl (C=O) groups excluding carboxylic acids is 1. The number of hydrogen-bond acceptors (Lipinski definition) is 4. The van der Waals surface area contributed by atoms with Gasteiger partial charge in [0.25, 0.3) is 0 Å². The summed E-state index contributed by atoms with van der Waals surface area (Å²) in [5, 5.41) is 3.18. The largest absolute Gasteiger partial charge is 0.356 e. The molecule has 0 spiro atoms. The van der Waals surface area contributed by atoms with Crippen LogP contribution >= 0.6 is 0 Å². The number of likely N-dealkylation sites (tertiary alicyclic amines) is 1. The molecule has 1 amide bonds. The summed E-state index contributed by atoms with van der Waals surface area (Å²) in [5.74, 6) is 1.12. The SMILES string of the molecule is CC1NNC(C)C1CC(=O)NCC1CCCN(Cc2ccccc2)C1. The zero-order valence-electron chi connectivity index (χ0n) is 15.5. The fourth-order valence-electron chi connectivity index (χ4n) is 4.11. The van der Waals surface area contributed by atoms with E-state index in [0.717, 1.165) is 26.2 Å². The fourth-order valence-corrected chi connectivity index (χ4v) is 4.11. The molecule has 2 aliphatic rings. The number of nitrogens with one attached hydrogen (secondary N) is 3. The summed E-state index contributed by atoms with van der Waals surface area (Å²) in [4.78, 5) is 14.8. The maximum absolute atomic E-state index is 12.3. The zero-order valence-corrected chi connectivity index (χ0v) is 15.5. The van der Waals surface area contributed by atoms with Gasteiger partial charge in [-0.15, -0.1) is 0 Å². The molecule has 0 radical (unpaired) electrons. The van der Waals surface area contributed by atoms with Crippen molar-refractivity contribution < 1.29 is 4.79 Å². The lowest BCUT2D eigenvalue weighted by Crippen LogP contribution is -2.41. The van der Waals surface area contributed by atoms with E-state index >= 15 is 0 Å². The van der Waals surface area contributed by atoms with Crippen molar-refractivity contribution in [3.8, 4) is 0 Å². The Morgan fingerprint density at radius 3 is 2.64 bits per heavy atom. The molecule has 3 unspecified atom stereocenters. The van der Waals surface area contributed by atoms with Crippen molar-refractivity contribution >= 4 is 5.91 Å². The number of nitrogens with zero attached hydrogens (tertiary/aromatic N) is 1. The molecule has 25 heavy (non-hydrogen) atoms. The quantitative estimate of drug-likeness (QED) is 0.738. The first kappa shape index (κ1) is 18.4. The molecule has 5 nitrogen and oxygen atoms in total. The lowest BCUT2D eigenvalue weighted by molar-refractivity contribution is -0.122. The number of amides is 1. The van der Waals surface area contributed by atoms with Crippen LogP contribution in [-0.4, -0.2) is 42.5 Å². The topological polar surface area (TPSA) is 56.4 Å². The van der Waals surface area contributed by atoms with Crippen LogP contribution in [0.25, 0.3) is 0 Å². The number of hydrogen-bond donors (Lipinski definition) is 3. The van der Waals surface area contributed by atoms with Crippen molar-refractivity contribution in [1.29, 1.82) is 0 Å². The third-order valence-corrected chi connectivity index (χ3v) is 5.68. The Hall–Kier alpha value is -1.43. The minimum Gasteiger partial charge on any atom is -0.356 e. The third-order valence-electron chi connectivity index (χ3n) is 5.68. The first-order valence-electron chi connectivity index (χ1n) is 9.66. The van der Waals surface area contributed by atoms with E-state index in [1.807, 2.05) is 0 Å². The van der Waals surface area contributed by atoms with E-state index in [4.69, 9.17) is 0 Å². The van der Waals surface area contributed by atoms with Crippen LogP contribution in [0.3, 0.4) is 0 Å². The molecule has 5 heteroatoms. The fraction of sp³-hybridized carbons (Fsp3) is 0.650. The van der Waals surface area contributed by atoms with Crippen molar-refractivity contribution in [1.82, 2.24) is 21.1 Å². The molecule has 2 fully saturated rings. The molecule has 2 aliphatic heterocycles. The van der Waals surface area contributed by atoms with E-state index in [1.54, 1.807) is 0 Å². The van der Waals surface area contributed by atoms with Crippen molar-refractivity contribution in [3.63, 3.8) is 0 Å². The van der Waals surface area contributed by atoms with E-state index in [1.165, 1.54) is 18.4 Å². The molecule has 3 N–H and O–H groups in total. The molecular formula is C20H32N4O. The standard InChI is InChI=1S/C20H32N4O/c1-15-19(16(2)23-22-15)11-20(25)21-12-18-9-6-10-24(14-18)13-17-7-4-3-5-8-17/h3-5,7-8,15-16,18-19,22-23H,6,9-14H2,1-2H3,(H,21,25). The maximum atomic E-state index is 12.3. The van der Waals surface area contributed by atoms with Gasteiger partial charge in [0, 0.05) is 44.1 Å². The highest BCUT2D eigenvalue weighted by Gasteiger charge is 2.31. The number of rotatable bonds is 6. The van der Waals surface area contributed by atoms with Gasteiger partial charge in [-0.05, 0) is 44.7 Å². The summed E-state index contributed by atoms with van der Waals surface area (Å²) in [6, 6.07) is 11.3. The Balaban J connectivity index is 1.41. The molecule has 1 aromatic carbocycles. The van der Waals surface area contributed by atoms with E-state index in [9.17, 15) is 4.79 Å². The average Bonchev–Trinajstić information content (AvgIpc) is 2.93. The molecule has 0 bridgehead atoms. The Morgan fingerprint density at radius 2 is 1.92 bits per heavy atom. The second-order valence-corrected chi connectivity index (χ2v) is 7.77. The first-order chi connectivity index (χ1) is 12.1. The van der Waals surface area contributed by atoms with Gasteiger partial charge in [0.15, 0.2) is 0 Å². The van der Waals surface area contributed by atoms with Crippen LogP contribution in [0.2, 0.25) is 0 Å². The lowest BCUT2D eigenvalue weighted by Gasteiger charge is -2.33. The van der Waals surface area contributed by atoms with Gasteiger partial charge in [0.1, 0.15) is 0 Å². The van der Waals surface area contributed by atoms with Gasteiger partial charge in [-0.1, -0.05) is 30.3 Å². The summed E-state index contributed by atoms with van der Waals surface area (Å²) >= 11 is 0.